The van der Waals surface area contributed by atoms with E-state index in [1.165, 1.54) is 26.8 Å². The van der Waals surface area contributed by atoms with Crippen LogP contribution in [0.1, 0.15) is 75.0 Å². The van der Waals surface area contributed by atoms with Crippen LogP contribution in [0.4, 0.5) is 5.82 Å². The van der Waals surface area contributed by atoms with E-state index in [0.29, 0.717) is 24.5 Å². The third-order valence-corrected chi connectivity index (χ3v) is 7.16. The first-order valence-electron chi connectivity index (χ1n) is 12.7. The molecule has 4 rings (SSSR count). The first-order chi connectivity index (χ1) is 18.3. The Labute approximate surface area is 225 Å². The van der Waals surface area contributed by atoms with Crippen molar-refractivity contribution in [2.45, 2.75) is 65.8 Å². The minimum absolute atomic E-state index is 0.0239. The van der Waals surface area contributed by atoms with Gasteiger partial charge in [-0.15, -0.1) is 0 Å². The van der Waals surface area contributed by atoms with Crippen LogP contribution in [0.3, 0.4) is 0 Å². The summed E-state index contributed by atoms with van der Waals surface area (Å²) in [4.78, 5) is 51.5. The molecule has 1 aromatic carbocycles. The lowest BCUT2D eigenvalue weighted by molar-refractivity contribution is -0.123. The summed E-state index contributed by atoms with van der Waals surface area (Å²) >= 11 is 0. The Kier molecular flexibility index (Phi) is 7.12. The van der Waals surface area contributed by atoms with Crippen molar-refractivity contribution < 1.29 is 34.1 Å². The first kappa shape index (κ1) is 27.6. The molecule has 0 spiro atoms. The number of phenols is 2. The number of benzene rings is 1. The molecule has 0 saturated carbocycles. The second-order valence-corrected chi connectivity index (χ2v) is 10.2. The number of carbonyl (C=O) groups excluding carboxylic acids is 4. The summed E-state index contributed by atoms with van der Waals surface area (Å²) in [6, 6.07) is 1.81. The molecule has 0 fully saturated rings. The van der Waals surface area contributed by atoms with Crippen molar-refractivity contribution in [1.82, 2.24) is 15.1 Å². The molecule has 2 heterocycles. The zero-order valence-electron chi connectivity index (χ0n) is 22.8. The highest BCUT2D eigenvalue weighted by Crippen LogP contribution is 2.57. The van der Waals surface area contributed by atoms with Crippen molar-refractivity contribution in [2.75, 3.05) is 11.9 Å². The summed E-state index contributed by atoms with van der Waals surface area (Å²) in [5.41, 5.74) is -1.47. The summed E-state index contributed by atoms with van der Waals surface area (Å²) in [7, 11) is 0. The van der Waals surface area contributed by atoms with E-state index in [1.807, 2.05) is 13.8 Å². The second kappa shape index (κ2) is 10.0. The molecule has 1 aliphatic heterocycles. The standard InChI is InChI=1S/C28H32N4O7/c1-13(2)32-19(9-11-30-32)31-20(35)8-7-10-29-15(4)21-17(34)12-18-28(6,27(21)38)23-25(37)14(3)24(36)22(16(5)33)26(23)39-18/h9,11-13,29,36-37H,7-8,10H2,1-6H3,(H,31,35)/t28-/m0/s1. The maximum absolute atomic E-state index is 13.8. The molecule has 11 heteroatoms. The second-order valence-electron chi connectivity index (χ2n) is 10.2. The topological polar surface area (TPSA) is 160 Å². The minimum atomic E-state index is -1.58. The van der Waals surface area contributed by atoms with Crippen LogP contribution in [-0.4, -0.2) is 49.8 Å². The van der Waals surface area contributed by atoms with E-state index in [-0.39, 0.29) is 57.9 Å². The first-order valence-corrected chi connectivity index (χ1v) is 12.7. The molecule has 0 radical (unpaired) electrons. The van der Waals surface area contributed by atoms with Gasteiger partial charge in [0.05, 0.1) is 17.3 Å². The Balaban J connectivity index is 1.53. The fourth-order valence-electron chi connectivity index (χ4n) is 5.01. The third kappa shape index (κ3) is 4.47. The number of amides is 1. The summed E-state index contributed by atoms with van der Waals surface area (Å²) in [5.74, 6) is -2.27. The van der Waals surface area contributed by atoms with Gasteiger partial charge in [0, 0.05) is 42.4 Å². The lowest BCUT2D eigenvalue weighted by atomic mass is 9.70. The van der Waals surface area contributed by atoms with E-state index >= 15 is 0 Å². The van der Waals surface area contributed by atoms with Crippen LogP contribution in [0.5, 0.6) is 17.2 Å². The number of carbonyl (C=O) groups is 4. The number of hydrogen-bond donors (Lipinski definition) is 4. The Hall–Kier alpha value is -4.41. The highest BCUT2D eigenvalue weighted by atomic mass is 16.5. The summed E-state index contributed by atoms with van der Waals surface area (Å²) in [5, 5.41) is 31.4. The van der Waals surface area contributed by atoms with Crippen molar-refractivity contribution in [1.29, 1.82) is 0 Å². The molecule has 1 atom stereocenters. The number of ketones is 3. The van der Waals surface area contributed by atoms with E-state index in [1.54, 1.807) is 23.9 Å². The summed E-state index contributed by atoms with van der Waals surface area (Å²) in [6.07, 6.45) is 3.42. The van der Waals surface area contributed by atoms with E-state index in [9.17, 15) is 29.4 Å². The van der Waals surface area contributed by atoms with Crippen LogP contribution in [-0.2, 0) is 19.8 Å². The number of rotatable bonds is 8. The molecule has 0 unspecified atom stereocenters. The predicted octanol–water partition coefficient (Wildman–Crippen LogP) is 3.35. The summed E-state index contributed by atoms with van der Waals surface area (Å²) in [6.45, 7) is 10.0. The van der Waals surface area contributed by atoms with Gasteiger partial charge in [0.25, 0.3) is 0 Å². The van der Waals surface area contributed by atoms with E-state index in [2.05, 4.69) is 15.7 Å². The van der Waals surface area contributed by atoms with Gasteiger partial charge in [-0.2, -0.15) is 5.10 Å². The highest BCUT2D eigenvalue weighted by molar-refractivity contribution is 6.31. The summed E-state index contributed by atoms with van der Waals surface area (Å²) < 4.78 is 7.47. The van der Waals surface area contributed by atoms with Crippen molar-refractivity contribution in [3.05, 3.63) is 52.1 Å². The predicted molar refractivity (Wildman–Crippen MR) is 142 cm³/mol. The van der Waals surface area contributed by atoms with Gasteiger partial charge in [-0.3, -0.25) is 19.2 Å². The van der Waals surface area contributed by atoms with Crippen LogP contribution in [0.25, 0.3) is 0 Å². The molecule has 0 bridgehead atoms. The molecule has 0 saturated heterocycles. The number of Topliss-reactive ketones (excluding diaryl/α,β-unsaturated/α-hetero) is 2. The number of phenolic OH excluding ortho intramolecular Hbond substituents is 2. The molecular weight excluding hydrogens is 504 g/mol. The molecule has 4 N–H and O–H groups in total. The number of ether oxygens (including phenoxy) is 1. The van der Waals surface area contributed by atoms with Crippen LogP contribution in [0.2, 0.25) is 0 Å². The minimum Gasteiger partial charge on any atom is -0.507 e. The Morgan fingerprint density at radius 1 is 1.18 bits per heavy atom. The van der Waals surface area contributed by atoms with Crippen molar-refractivity contribution >= 4 is 29.1 Å². The van der Waals surface area contributed by atoms with Gasteiger partial charge in [0.15, 0.2) is 17.3 Å². The lowest BCUT2D eigenvalue weighted by Gasteiger charge is -2.29. The fraction of sp³-hybridized carbons (Fsp3) is 0.393. The average Bonchev–Trinajstić information content (AvgIpc) is 3.43. The van der Waals surface area contributed by atoms with Gasteiger partial charge < -0.3 is 25.6 Å². The molecule has 1 aromatic heterocycles. The van der Waals surface area contributed by atoms with Crippen LogP contribution in [0, 0.1) is 6.92 Å². The number of nitrogens with zero attached hydrogens (tertiary/aromatic N) is 2. The van der Waals surface area contributed by atoms with Gasteiger partial charge in [0.2, 0.25) is 5.91 Å². The number of aromatic nitrogens is 2. The highest BCUT2D eigenvalue weighted by Gasteiger charge is 2.56. The van der Waals surface area contributed by atoms with Gasteiger partial charge in [-0.05, 0) is 48.0 Å². The maximum Gasteiger partial charge on any atom is 0.225 e. The average molecular weight is 537 g/mol. The molecule has 2 aromatic rings. The zero-order chi connectivity index (χ0) is 28.8. The number of anilines is 1. The van der Waals surface area contributed by atoms with E-state index < -0.39 is 28.5 Å². The number of fused-ring (bicyclic) bond motifs is 3. The molecular formula is C28H32N4O7. The molecule has 1 aliphatic carbocycles. The van der Waals surface area contributed by atoms with Gasteiger partial charge in [0.1, 0.15) is 39.8 Å². The number of nitrogens with one attached hydrogen (secondary N) is 2. The molecule has 1 amide bonds. The van der Waals surface area contributed by atoms with Crippen LogP contribution in [0.15, 0.2) is 35.4 Å². The van der Waals surface area contributed by atoms with Gasteiger partial charge in [-0.1, -0.05) is 0 Å². The largest absolute Gasteiger partial charge is 0.507 e. The van der Waals surface area contributed by atoms with Crippen molar-refractivity contribution in [3.8, 4) is 17.2 Å². The van der Waals surface area contributed by atoms with Crippen molar-refractivity contribution in [3.63, 3.8) is 0 Å². The number of hydrogen-bond acceptors (Lipinski definition) is 9. The van der Waals surface area contributed by atoms with Crippen LogP contribution >= 0.6 is 0 Å². The Morgan fingerprint density at radius 2 is 1.87 bits per heavy atom. The Morgan fingerprint density at radius 3 is 2.51 bits per heavy atom. The lowest BCUT2D eigenvalue weighted by Crippen LogP contribution is -2.41. The third-order valence-electron chi connectivity index (χ3n) is 7.16. The molecule has 39 heavy (non-hydrogen) atoms. The fourth-order valence-corrected chi connectivity index (χ4v) is 5.01. The quantitative estimate of drug-likeness (QED) is 0.172. The van der Waals surface area contributed by atoms with Gasteiger partial charge >= 0.3 is 0 Å². The molecule has 11 nitrogen and oxygen atoms in total. The number of aromatic hydroxyl groups is 2. The number of allylic oxidation sites excluding steroid dienone is 4. The normalized spacial score (nSPS) is 19.3. The molecule has 2 aliphatic rings. The molecule has 206 valence electrons. The smallest absolute Gasteiger partial charge is 0.225 e. The SMILES string of the molecule is CC(=O)c1c(O)c(C)c(O)c2c1OC1=CC(=O)C(=C(C)NCCCC(=O)Nc3ccnn3C(C)C)C(=O)[C@@]12C. The maximum atomic E-state index is 13.8. The van der Waals surface area contributed by atoms with Crippen molar-refractivity contribution in [2.24, 2.45) is 0 Å². The Bertz CT molecular complexity index is 1480. The van der Waals surface area contributed by atoms with E-state index in [0.717, 1.165) is 0 Å². The van der Waals surface area contributed by atoms with Gasteiger partial charge in [-0.25, -0.2) is 4.68 Å². The van der Waals surface area contributed by atoms with Crippen LogP contribution < -0.4 is 15.4 Å². The van der Waals surface area contributed by atoms with E-state index in [4.69, 9.17) is 4.74 Å². The monoisotopic (exact) mass is 536 g/mol. The zero-order valence-corrected chi connectivity index (χ0v) is 22.8.